The normalized spacial score (nSPS) is 9.41. The molecular formula is C5H2F6O5Ru+. The molecule has 0 aromatic rings. The molecule has 0 saturated carbocycles. The monoisotopic (exact) mass is 358 g/mol. The second-order valence-corrected chi connectivity index (χ2v) is 1.61. The van der Waals surface area contributed by atoms with Crippen LogP contribution < -0.4 is 0 Å². The van der Waals surface area contributed by atoms with E-state index in [-0.39, 0.29) is 19.5 Å². The first-order chi connectivity index (χ1) is 6.89. The third-order valence-electron chi connectivity index (χ3n) is 0.485. The molecule has 0 atom stereocenters. The Hall–Kier alpha value is -1.12. The molecule has 0 aliphatic heterocycles. The second kappa shape index (κ2) is 10.1. The standard InChI is InChI=1S/2C2HF3O2.CO.Ru/c2*3-2(4,5)1(6)7;1-2;/h2*(H,6,7);;/q;;;+1. The smallest absolute Gasteiger partial charge is 1.00 e. The van der Waals surface area contributed by atoms with Gasteiger partial charge in [0.2, 0.25) is 0 Å². The van der Waals surface area contributed by atoms with Crippen LogP contribution in [0.5, 0.6) is 0 Å². The quantitative estimate of drug-likeness (QED) is 0.295. The molecule has 0 fully saturated rings. The van der Waals surface area contributed by atoms with Gasteiger partial charge >= 0.3 is 55.1 Å². The third kappa shape index (κ3) is 20.9. The molecule has 12 heteroatoms. The molecule has 17 heavy (non-hydrogen) atoms. The summed E-state index contributed by atoms with van der Waals surface area (Å²) >= 11 is 0. The van der Waals surface area contributed by atoms with E-state index in [4.69, 9.17) is 24.5 Å². The van der Waals surface area contributed by atoms with Crippen molar-refractivity contribution in [3.05, 3.63) is 6.65 Å². The molecule has 5 nitrogen and oxygen atoms in total. The van der Waals surface area contributed by atoms with E-state index in [1.807, 2.05) is 0 Å². The van der Waals surface area contributed by atoms with Gasteiger partial charge in [-0.15, -0.1) is 0 Å². The van der Waals surface area contributed by atoms with Crippen molar-refractivity contribution in [1.29, 1.82) is 0 Å². The van der Waals surface area contributed by atoms with Crippen molar-refractivity contribution >= 4 is 11.9 Å². The average molecular weight is 357 g/mol. The molecule has 0 amide bonds. The number of carboxylic acids is 2. The van der Waals surface area contributed by atoms with Gasteiger partial charge in [-0.2, -0.15) is 26.3 Å². The van der Waals surface area contributed by atoms with Gasteiger partial charge in [0.25, 0.3) is 0 Å². The molecule has 1 radical (unpaired) electrons. The molecule has 0 unspecified atom stereocenters. The Kier molecular flexibility index (Phi) is 14.7. The summed E-state index contributed by atoms with van der Waals surface area (Å²) in [5.74, 6) is -5.51. The maximum absolute atomic E-state index is 10.6. The van der Waals surface area contributed by atoms with Crippen LogP contribution in [-0.4, -0.2) is 34.5 Å². The van der Waals surface area contributed by atoms with Gasteiger partial charge in [-0.25, -0.2) is 9.59 Å². The van der Waals surface area contributed by atoms with E-state index < -0.39 is 24.3 Å². The van der Waals surface area contributed by atoms with Crippen LogP contribution in [0.15, 0.2) is 0 Å². The molecule has 0 rings (SSSR count). The van der Waals surface area contributed by atoms with Crippen molar-refractivity contribution in [2.75, 3.05) is 0 Å². The second-order valence-electron chi connectivity index (χ2n) is 1.61. The Balaban J connectivity index is -0.0000000823. The zero-order valence-electron chi connectivity index (χ0n) is 7.24. The van der Waals surface area contributed by atoms with Crippen LogP contribution in [0.4, 0.5) is 26.3 Å². The molecule has 2 N–H and O–H groups in total. The van der Waals surface area contributed by atoms with Crippen molar-refractivity contribution in [3.63, 3.8) is 0 Å². The van der Waals surface area contributed by atoms with Gasteiger partial charge in [0.05, 0.1) is 0 Å². The summed E-state index contributed by atoms with van der Waals surface area (Å²) in [6.45, 7) is 4.50. The molecule has 0 aromatic carbocycles. The average Bonchev–Trinajstić information content (AvgIpc) is 2.05. The summed E-state index contributed by atoms with van der Waals surface area (Å²) < 4.78 is 71.0. The Bertz CT molecular complexity index is 232. The number of hydrogen-bond donors (Lipinski definition) is 2. The van der Waals surface area contributed by atoms with Gasteiger partial charge < -0.3 is 10.2 Å². The fourth-order valence-corrected chi connectivity index (χ4v) is 0. The first-order valence-electron chi connectivity index (χ1n) is 2.69. The molecule has 0 aliphatic rings. The number of carbonyl (C=O) groups is 2. The van der Waals surface area contributed by atoms with Crippen LogP contribution in [-0.2, 0) is 33.7 Å². The van der Waals surface area contributed by atoms with Gasteiger partial charge in [-0.1, -0.05) is 0 Å². The molecule has 101 valence electrons. The first-order valence-corrected chi connectivity index (χ1v) is 2.69. The van der Waals surface area contributed by atoms with Crippen LogP contribution in [0.2, 0.25) is 0 Å². The zero-order valence-corrected chi connectivity index (χ0v) is 8.98. The van der Waals surface area contributed by atoms with E-state index in [1.165, 1.54) is 0 Å². The van der Waals surface area contributed by atoms with E-state index in [0.29, 0.717) is 0 Å². The summed E-state index contributed by atoms with van der Waals surface area (Å²) in [7, 11) is 0. The molecule has 0 bridgehead atoms. The number of hydrogen-bond acceptors (Lipinski definition) is 2. The van der Waals surface area contributed by atoms with Crippen LogP contribution in [0.3, 0.4) is 0 Å². The van der Waals surface area contributed by atoms with Crippen LogP contribution in [0, 0.1) is 6.65 Å². The predicted molar refractivity (Wildman–Crippen MR) is 31.3 cm³/mol. The van der Waals surface area contributed by atoms with E-state index >= 15 is 0 Å². The van der Waals surface area contributed by atoms with Crippen LogP contribution in [0.1, 0.15) is 0 Å². The minimum absolute atomic E-state index is 0. The molecule has 0 saturated heterocycles. The summed E-state index contributed by atoms with van der Waals surface area (Å²) in [4.78, 5) is 17.8. The van der Waals surface area contributed by atoms with Crippen molar-refractivity contribution in [2.24, 2.45) is 0 Å². The van der Waals surface area contributed by atoms with Crippen LogP contribution >= 0.6 is 0 Å². The number of aliphatic carboxylic acids is 2. The zero-order chi connectivity index (χ0) is 14.2. The third-order valence-corrected chi connectivity index (χ3v) is 0.485. The number of halogens is 6. The number of alkyl halides is 6. The molecule has 0 spiro atoms. The Morgan fingerprint density at radius 1 is 0.824 bits per heavy atom. The van der Waals surface area contributed by atoms with Crippen molar-refractivity contribution in [2.45, 2.75) is 12.4 Å². The molecule has 0 aromatic heterocycles. The van der Waals surface area contributed by atoms with Gasteiger partial charge in [0.15, 0.2) is 0 Å². The van der Waals surface area contributed by atoms with Gasteiger partial charge in [-0.3, -0.25) is 0 Å². The van der Waals surface area contributed by atoms with E-state index in [2.05, 4.69) is 6.65 Å². The fraction of sp³-hybridized carbons (Fsp3) is 0.400. The van der Waals surface area contributed by atoms with Crippen molar-refractivity contribution < 1.29 is 70.3 Å². The van der Waals surface area contributed by atoms with Gasteiger partial charge in [-0.05, 0) is 0 Å². The van der Waals surface area contributed by atoms with Crippen LogP contribution in [0.25, 0.3) is 0 Å². The summed E-state index contributed by atoms with van der Waals surface area (Å²) in [6.07, 6.45) is -10.2. The summed E-state index contributed by atoms with van der Waals surface area (Å²) in [5.41, 5.74) is 0. The topological polar surface area (TPSA) is 94.5 Å². The van der Waals surface area contributed by atoms with E-state index in [9.17, 15) is 26.3 Å². The maximum Gasteiger partial charge on any atom is 1.00 e. The minimum atomic E-state index is -5.08. The SMILES string of the molecule is O=C(O)C(F)(F)F.O=C(O)C(F)(F)F.[C-]#[O+].[Ru+]. The number of carboxylic acid groups (broad SMARTS) is 2. The fourth-order valence-electron chi connectivity index (χ4n) is 0. The van der Waals surface area contributed by atoms with Gasteiger partial charge in [0, 0.05) is 0 Å². The molecule has 0 heterocycles. The summed E-state index contributed by atoms with van der Waals surface area (Å²) in [5, 5.41) is 14.2. The van der Waals surface area contributed by atoms with Gasteiger partial charge in [0.1, 0.15) is 0 Å². The Labute approximate surface area is 102 Å². The van der Waals surface area contributed by atoms with E-state index in [1.54, 1.807) is 0 Å². The van der Waals surface area contributed by atoms with E-state index in [0.717, 1.165) is 0 Å². The maximum atomic E-state index is 10.6. The predicted octanol–water partition coefficient (Wildman–Crippen LogP) is 1.23. The largest absolute Gasteiger partial charge is 1.00 e. The van der Waals surface area contributed by atoms with Crippen molar-refractivity contribution in [1.82, 2.24) is 0 Å². The molecule has 0 aliphatic carbocycles. The Morgan fingerprint density at radius 2 is 0.882 bits per heavy atom. The Morgan fingerprint density at radius 3 is 0.882 bits per heavy atom. The number of rotatable bonds is 0. The summed E-state index contributed by atoms with van der Waals surface area (Å²) in [6, 6.07) is 0. The minimum Gasteiger partial charge on any atom is 1.00 e. The van der Waals surface area contributed by atoms with Crippen molar-refractivity contribution in [3.8, 4) is 0 Å². The first kappa shape index (κ1) is 24.9. The molecular weight excluding hydrogens is 355 g/mol.